The van der Waals surface area contributed by atoms with Crippen LogP contribution >= 0.6 is 0 Å². The van der Waals surface area contributed by atoms with E-state index < -0.39 is 0 Å². The van der Waals surface area contributed by atoms with Crippen LogP contribution in [-0.2, 0) is 6.42 Å². The molecule has 0 heterocycles. The van der Waals surface area contributed by atoms with Gasteiger partial charge in [-0.2, -0.15) is 0 Å². The highest BCUT2D eigenvalue weighted by Crippen LogP contribution is 2.56. The summed E-state index contributed by atoms with van der Waals surface area (Å²) in [4.78, 5) is 0. The van der Waals surface area contributed by atoms with Crippen LogP contribution in [0, 0.1) is 11.3 Å². The van der Waals surface area contributed by atoms with Crippen LogP contribution in [0.2, 0.25) is 0 Å². The van der Waals surface area contributed by atoms with E-state index >= 15 is 0 Å². The molecule has 1 atom stereocenters. The molecule has 0 N–H and O–H groups in total. The number of hydrogen-bond donors (Lipinski definition) is 0. The third kappa shape index (κ3) is 2.50. The van der Waals surface area contributed by atoms with Gasteiger partial charge in [0.2, 0.25) is 0 Å². The van der Waals surface area contributed by atoms with Gasteiger partial charge in [0.05, 0.1) is 0 Å². The standard InChI is InChI=1S/C15H20/c1-12(14-11-15(14,2)3)9-10-13-7-5-4-6-8-13/h4-8,14H,1,9-11H2,2-3H3. The molecule has 0 bridgehead atoms. The second-order valence-electron chi connectivity index (χ2n) is 5.39. The van der Waals surface area contributed by atoms with Crippen LogP contribution in [0.25, 0.3) is 0 Å². The van der Waals surface area contributed by atoms with Gasteiger partial charge < -0.3 is 0 Å². The Labute approximate surface area is 93.0 Å². The average molecular weight is 200 g/mol. The Hall–Kier alpha value is -1.04. The first-order valence-electron chi connectivity index (χ1n) is 5.81. The highest BCUT2D eigenvalue weighted by molar-refractivity contribution is 5.20. The van der Waals surface area contributed by atoms with Crippen molar-refractivity contribution >= 4 is 0 Å². The highest BCUT2D eigenvalue weighted by atomic mass is 14.5. The molecular weight excluding hydrogens is 180 g/mol. The van der Waals surface area contributed by atoms with Gasteiger partial charge in [-0.05, 0) is 36.2 Å². The van der Waals surface area contributed by atoms with E-state index in [4.69, 9.17) is 0 Å². The summed E-state index contributed by atoms with van der Waals surface area (Å²) < 4.78 is 0. The summed E-state index contributed by atoms with van der Waals surface area (Å²) in [5, 5.41) is 0. The molecule has 0 heteroatoms. The molecule has 0 amide bonds. The fraction of sp³-hybridized carbons (Fsp3) is 0.467. The van der Waals surface area contributed by atoms with Gasteiger partial charge in [0.15, 0.2) is 0 Å². The van der Waals surface area contributed by atoms with E-state index in [2.05, 4.69) is 50.8 Å². The van der Waals surface area contributed by atoms with Crippen molar-refractivity contribution in [3.8, 4) is 0 Å². The molecule has 0 aromatic heterocycles. The number of benzene rings is 1. The van der Waals surface area contributed by atoms with Crippen molar-refractivity contribution in [2.45, 2.75) is 33.1 Å². The SMILES string of the molecule is C=C(CCc1ccccc1)C1CC1(C)C. The first-order chi connectivity index (χ1) is 7.09. The first kappa shape index (κ1) is 10.5. The Balaban J connectivity index is 1.82. The number of aryl methyl sites for hydroxylation is 1. The van der Waals surface area contributed by atoms with Crippen molar-refractivity contribution in [2.24, 2.45) is 11.3 Å². The maximum atomic E-state index is 4.23. The molecule has 1 fully saturated rings. The Morgan fingerprint density at radius 1 is 1.33 bits per heavy atom. The second kappa shape index (κ2) is 3.84. The van der Waals surface area contributed by atoms with E-state index in [1.54, 1.807) is 0 Å². The normalized spacial score (nSPS) is 22.4. The molecule has 0 saturated heterocycles. The van der Waals surface area contributed by atoms with Gasteiger partial charge in [0.1, 0.15) is 0 Å². The Bertz CT molecular complexity index is 346. The molecule has 1 saturated carbocycles. The lowest BCUT2D eigenvalue weighted by Crippen LogP contribution is -1.95. The van der Waals surface area contributed by atoms with Crippen LogP contribution in [-0.4, -0.2) is 0 Å². The molecule has 0 radical (unpaired) electrons. The number of hydrogen-bond acceptors (Lipinski definition) is 0. The predicted octanol–water partition coefficient (Wildman–Crippen LogP) is 4.22. The van der Waals surface area contributed by atoms with Gasteiger partial charge in [-0.1, -0.05) is 56.3 Å². The smallest absolute Gasteiger partial charge is 0.0149 e. The van der Waals surface area contributed by atoms with Gasteiger partial charge in [0, 0.05) is 0 Å². The summed E-state index contributed by atoms with van der Waals surface area (Å²) in [7, 11) is 0. The average Bonchev–Trinajstić information content (AvgIpc) is 2.86. The molecule has 0 spiro atoms. The minimum absolute atomic E-state index is 0.535. The summed E-state index contributed by atoms with van der Waals surface area (Å²) in [5.41, 5.74) is 3.41. The zero-order valence-electron chi connectivity index (χ0n) is 9.79. The van der Waals surface area contributed by atoms with E-state index in [0.29, 0.717) is 5.41 Å². The zero-order chi connectivity index (χ0) is 10.9. The maximum Gasteiger partial charge on any atom is -0.0149 e. The quantitative estimate of drug-likeness (QED) is 0.638. The molecule has 1 aliphatic carbocycles. The van der Waals surface area contributed by atoms with E-state index in [1.807, 2.05) is 0 Å². The van der Waals surface area contributed by atoms with Gasteiger partial charge in [-0.3, -0.25) is 0 Å². The molecule has 80 valence electrons. The van der Waals surface area contributed by atoms with Gasteiger partial charge in [-0.25, -0.2) is 0 Å². The van der Waals surface area contributed by atoms with Crippen molar-refractivity contribution in [1.82, 2.24) is 0 Å². The van der Waals surface area contributed by atoms with E-state index in [0.717, 1.165) is 18.8 Å². The van der Waals surface area contributed by atoms with E-state index in [9.17, 15) is 0 Å². The van der Waals surface area contributed by atoms with Crippen molar-refractivity contribution in [3.63, 3.8) is 0 Å². The molecule has 0 aliphatic heterocycles. The second-order valence-corrected chi connectivity index (χ2v) is 5.39. The molecule has 15 heavy (non-hydrogen) atoms. The largest absolute Gasteiger partial charge is 0.0995 e. The third-order valence-electron chi connectivity index (χ3n) is 3.58. The van der Waals surface area contributed by atoms with Gasteiger partial charge in [-0.15, -0.1) is 0 Å². The van der Waals surface area contributed by atoms with Crippen LogP contribution in [0.3, 0.4) is 0 Å². The lowest BCUT2D eigenvalue weighted by molar-refractivity contribution is 0.587. The lowest BCUT2D eigenvalue weighted by Gasteiger charge is -2.07. The molecule has 1 aromatic carbocycles. The van der Waals surface area contributed by atoms with Gasteiger partial charge >= 0.3 is 0 Å². The minimum atomic E-state index is 0.535. The summed E-state index contributed by atoms with van der Waals surface area (Å²) in [6.45, 7) is 8.90. The predicted molar refractivity (Wildman–Crippen MR) is 65.8 cm³/mol. The minimum Gasteiger partial charge on any atom is -0.0995 e. The van der Waals surface area contributed by atoms with Crippen LogP contribution in [0.5, 0.6) is 0 Å². The van der Waals surface area contributed by atoms with Crippen molar-refractivity contribution < 1.29 is 0 Å². The topological polar surface area (TPSA) is 0 Å². The zero-order valence-corrected chi connectivity index (χ0v) is 9.79. The van der Waals surface area contributed by atoms with Gasteiger partial charge in [0.25, 0.3) is 0 Å². The highest BCUT2D eigenvalue weighted by Gasteiger charge is 2.46. The third-order valence-corrected chi connectivity index (χ3v) is 3.58. The Kier molecular flexibility index (Phi) is 2.68. The molecule has 1 aliphatic rings. The first-order valence-corrected chi connectivity index (χ1v) is 5.81. The summed E-state index contributed by atoms with van der Waals surface area (Å²) in [5.74, 6) is 0.779. The number of rotatable bonds is 4. The Morgan fingerprint density at radius 3 is 2.47 bits per heavy atom. The van der Waals surface area contributed by atoms with Crippen LogP contribution in [0.1, 0.15) is 32.3 Å². The monoisotopic (exact) mass is 200 g/mol. The summed E-state index contributed by atoms with van der Waals surface area (Å²) >= 11 is 0. The van der Waals surface area contributed by atoms with Crippen molar-refractivity contribution in [1.29, 1.82) is 0 Å². The fourth-order valence-electron chi connectivity index (χ4n) is 2.29. The van der Waals surface area contributed by atoms with Crippen LogP contribution in [0.15, 0.2) is 42.5 Å². The molecular formula is C15H20. The van der Waals surface area contributed by atoms with E-state index in [1.165, 1.54) is 17.6 Å². The van der Waals surface area contributed by atoms with Crippen molar-refractivity contribution in [3.05, 3.63) is 48.0 Å². The summed E-state index contributed by atoms with van der Waals surface area (Å²) in [6.07, 6.45) is 3.63. The molecule has 2 rings (SSSR count). The number of allylic oxidation sites excluding steroid dienone is 1. The molecule has 0 nitrogen and oxygen atoms in total. The Morgan fingerprint density at radius 2 is 1.93 bits per heavy atom. The summed E-state index contributed by atoms with van der Waals surface area (Å²) in [6, 6.07) is 10.7. The van der Waals surface area contributed by atoms with Crippen molar-refractivity contribution in [2.75, 3.05) is 0 Å². The molecule has 1 unspecified atom stereocenters. The lowest BCUT2D eigenvalue weighted by atomic mass is 9.98. The maximum absolute atomic E-state index is 4.23. The van der Waals surface area contributed by atoms with Crippen LogP contribution in [0.4, 0.5) is 0 Å². The fourth-order valence-corrected chi connectivity index (χ4v) is 2.29. The van der Waals surface area contributed by atoms with Crippen LogP contribution < -0.4 is 0 Å². The molecule has 1 aromatic rings. The van der Waals surface area contributed by atoms with E-state index in [-0.39, 0.29) is 0 Å².